The highest BCUT2D eigenvalue weighted by Crippen LogP contribution is 2.23. The van der Waals surface area contributed by atoms with Crippen LogP contribution in [-0.2, 0) is 4.79 Å². The molecule has 3 N–H and O–H groups in total. The first kappa shape index (κ1) is 18.9. The minimum absolute atomic E-state index is 0.0673. The zero-order valence-electron chi connectivity index (χ0n) is 14.5. The standard InChI is InChI=1S/C17H27N3O3S/c1-12(2)19-17(11-21)6-8-20(9-7-17)16(23)13(3)18-15(22)14-5-4-10-24-14/h4-5,10,12-13,19,21H,6-9,11H2,1-3H3,(H,18,22). The van der Waals surface area contributed by atoms with Crippen molar-refractivity contribution < 1.29 is 14.7 Å². The summed E-state index contributed by atoms with van der Waals surface area (Å²) in [6.45, 7) is 7.05. The maximum absolute atomic E-state index is 12.6. The fraction of sp³-hybridized carbons (Fsp3) is 0.647. The Morgan fingerprint density at radius 2 is 2.00 bits per heavy atom. The summed E-state index contributed by atoms with van der Waals surface area (Å²) in [7, 11) is 0. The summed E-state index contributed by atoms with van der Waals surface area (Å²) < 4.78 is 0. The third-order valence-corrected chi connectivity index (χ3v) is 5.26. The molecule has 0 saturated carbocycles. The summed E-state index contributed by atoms with van der Waals surface area (Å²) in [5.74, 6) is -0.287. The Morgan fingerprint density at radius 1 is 1.33 bits per heavy atom. The molecular weight excluding hydrogens is 326 g/mol. The van der Waals surface area contributed by atoms with E-state index in [1.165, 1.54) is 11.3 Å². The number of hydrogen-bond donors (Lipinski definition) is 3. The molecule has 2 amide bonds. The van der Waals surface area contributed by atoms with Gasteiger partial charge in [-0.05, 0) is 31.2 Å². The molecule has 0 aliphatic carbocycles. The summed E-state index contributed by atoms with van der Waals surface area (Å²) in [6.07, 6.45) is 1.41. The molecular formula is C17H27N3O3S. The summed E-state index contributed by atoms with van der Waals surface area (Å²) >= 11 is 1.36. The molecule has 2 rings (SSSR count). The Bertz CT molecular complexity index is 551. The maximum atomic E-state index is 12.6. The molecule has 1 saturated heterocycles. The van der Waals surface area contributed by atoms with E-state index in [1.54, 1.807) is 17.9 Å². The summed E-state index contributed by atoms with van der Waals surface area (Å²) in [5.41, 5.74) is -0.311. The minimum Gasteiger partial charge on any atom is -0.394 e. The maximum Gasteiger partial charge on any atom is 0.261 e. The van der Waals surface area contributed by atoms with E-state index >= 15 is 0 Å². The van der Waals surface area contributed by atoms with Crippen LogP contribution in [0.2, 0.25) is 0 Å². The summed E-state index contributed by atoms with van der Waals surface area (Å²) in [4.78, 5) is 27.0. The van der Waals surface area contributed by atoms with Gasteiger partial charge in [0.05, 0.1) is 11.5 Å². The second kappa shape index (κ2) is 8.09. The smallest absolute Gasteiger partial charge is 0.261 e. The van der Waals surface area contributed by atoms with Crippen molar-refractivity contribution in [3.05, 3.63) is 22.4 Å². The zero-order chi connectivity index (χ0) is 17.7. The number of piperidine rings is 1. The third-order valence-electron chi connectivity index (χ3n) is 4.39. The van der Waals surface area contributed by atoms with Crippen LogP contribution < -0.4 is 10.6 Å². The first-order chi connectivity index (χ1) is 11.4. The summed E-state index contributed by atoms with van der Waals surface area (Å²) in [6, 6.07) is 3.28. The molecule has 6 nitrogen and oxygen atoms in total. The van der Waals surface area contributed by atoms with Gasteiger partial charge >= 0.3 is 0 Å². The lowest BCUT2D eigenvalue weighted by Gasteiger charge is -2.43. The molecule has 1 fully saturated rings. The number of nitrogens with one attached hydrogen (secondary N) is 2. The number of thiophene rings is 1. The average Bonchev–Trinajstić information content (AvgIpc) is 3.08. The SMILES string of the molecule is CC(C)NC1(CO)CCN(C(=O)C(C)NC(=O)c2cccs2)CC1. The second-order valence-electron chi connectivity index (χ2n) is 6.74. The average molecular weight is 353 g/mol. The van der Waals surface area contributed by atoms with Crippen LogP contribution in [0.1, 0.15) is 43.3 Å². The molecule has 1 unspecified atom stereocenters. The Morgan fingerprint density at radius 3 is 2.50 bits per heavy atom. The van der Waals surface area contributed by atoms with Gasteiger partial charge in [0, 0.05) is 24.7 Å². The molecule has 1 aliphatic rings. The van der Waals surface area contributed by atoms with Crippen molar-refractivity contribution in [3.63, 3.8) is 0 Å². The molecule has 134 valence electrons. The predicted molar refractivity (Wildman–Crippen MR) is 95.1 cm³/mol. The molecule has 0 aromatic carbocycles. The van der Waals surface area contributed by atoms with Crippen molar-refractivity contribution in [1.82, 2.24) is 15.5 Å². The van der Waals surface area contributed by atoms with Crippen LogP contribution in [-0.4, -0.2) is 59.1 Å². The number of carbonyl (C=O) groups excluding carboxylic acids is 2. The largest absolute Gasteiger partial charge is 0.394 e. The molecule has 0 radical (unpaired) electrons. The van der Waals surface area contributed by atoms with E-state index in [9.17, 15) is 14.7 Å². The van der Waals surface area contributed by atoms with Gasteiger partial charge in [-0.1, -0.05) is 19.9 Å². The molecule has 1 aromatic rings. The van der Waals surface area contributed by atoms with Crippen molar-refractivity contribution in [2.24, 2.45) is 0 Å². The number of amides is 2. The monoisotopic (exact) mass is 353 g/mol. The fourth-order valence-electron chi connectivity index (χ4n) is 3.13. The Balaban J connectivity index is 1.88. The molecule has 1 aromatic heterocycles. The quantitative estimate of drug-likeness (QED) is 0.718. The van der Waals surface area contributed by atoms with Gasteiger partial charge in [-0.3, -0.25) is 9.59 Å². The van der Waals surface area contributed by atoms with Gasteiger partial charge in [0.15, 0.2) is 0 Å². The molecule has 7 heteroatoms. The van der Waals surface area contributed by atoms with Gasteiger partial charge < -0.3 is 20.6 Å². The minimum atomic E-state index is -0.556. The van der Waals surface area contributed by atoms with Crippen LogP contribution in [0.5, 0.6) is 0 Å². The zero-order valence-corrected chi connectivity index (χ0v) is 15.4. The van der Waals surface area contributed by atoms with E-state index in [-0.39, 0.29) is 30.0 Å². The van der Waals surface area contributed by atoms with Crippen LogP contribution in [0.4, 0.5) is 0 Å². The van der Waals surface area contributed by atoms with Crippen molar-refractivity contribution >= 4 is 23.2 Å². The van der Waals surface area contributed by atoms with E-state index in [4.69, 9.17) is 0 Å². The van der Waals surface area contributed by atoms with Crippen LogP contribution >= 0.6 is 11.3 Å². The molecule has 2 heterocycles. The van der Waals surface area contributed by atoms with E-state index in [1.807, 2.05) is 11.4 Å². The molecule has 1 atom stereocenters. The molecule has 24 heavy (non-hydrogen) atoms. The third kappa shape index (κ3) is 4.55. The molecule has 0 bridgehead atoms. The normalized spacial score (nSPS) is 18.5. The van der Waals surface area contributed by atoms with Gasteiger partial charge in [-0.15, -0.1) is 11.3 Å². The number of aliphatic hydroxyl groups is 1. The lowest BCUT2D eigenvalue weighted by Crippen LogP contribution is -2.60. The van der Waals surface area contributed by atoms with E-state index in [0.29, 0.717) is 30.8 Å². The number of likely N-dealkylation sites (tertiary alicyclic amines) is 1. The highest BCUT2D eigenvalue weighted by atomic mass is 32.1. The molecule has 0 spiro atoms. The Hall–Kier alpha value is -1.44. The first-order valence-electron chi connectivity index (χ1n) is 8.38. The van der Waals surface area contributed by atoms with E-state index < -0.39 is 6.04 Å². The second-order valence-corrected chi connectivity index (χ2v) is 7.68. The van der Waals surface area contributed by atoms with Gasteiger partial charge in [-0.25, -0.2) is 0 Å². The summed E-state index contributed by atoms with van der Waals surface area (Å²) in [5, 5.41) is 17.8. The van der Waals surface area contributed by atoms with Gasteiger partial charge in [0.25, 0.3) is 5.91 Å². The number of carbonyl (C=O) groups is 2. The lowest BCUT2D eigenvalue weighted by atomic mass is 9.87. The van der Waals surface area contributed by atoms with Crippen LogP contribution in [0, 0.1) is 0 Å². The van der Waals surface area contributed by atoms with Crippen LogP contribution in [0.3, 0.4) is 0 Å². The fourth-order valence-corrected chi connectivity index (χ4v) is 3.75. The van der Waals surface area contributed by atoms with Crippen molar-refractivity contribution in [1.29, 1.82) is 0 Å². The topological polar surface area (TPSA) is 81.7 Å². The lowest BCUT2D eigenvalue weighted by molar-refractivity contribution is -0.135. The Kier molecular flexibility index (Phi) is 6.37. The predicted octanol–water partition coefficient (Wildman–Crippen LogP) is 1.22. The molecule has 1 aliphatic heterocycles. The Labute approximate surface area is 147 Å². The van der Waals surface area contributed by atoms with E-state index in [0.717, 1.165) is 0 Å². The van der Waals surface area contributed by atoms with E-state index in [2.05, 4.69) is 24.5 Å². The number of nitrogens with zero attached hydrogens (tertiary/aromatic N) is 1. The van der Waals surface area contributed by atoms with Crippen molar-refractivity contribution in [2.75, 3.05) is 19.7 Å². The van der Waals surface area contributed by atoms with Crippen molar-refractivity contribution in [2.45, 2.75) is 51.2 Å². The first-order valence-corrected chi connectivity index (χ1v) is 9.26. The highest BCUT2D eigenvalue weighted by molar-refractivity contribution is 7.12. The van der Waals surface area contributed by atoms with Gasteiger partial charge in [0.2, 0.25) is 5.91 Å². The van der Waals surface area contributed by atoms with Crippen LogP contribution in [0.25, 0.3) is 0 Å². The number of rotatable bonds is 6. The highest BCUT2D eigenvalue weighted by Gasteiger charge is 2.36. The number of aliphatic hydroxyl groups excluding tert-OH is 1. The number of hydrogen-bond acceptors (Lipinski definition) is 5. The van der Waals surface area contributed by atoms with Gasteiger partial charge in [-0.2, -0.15) is 0 Å². The van der Waals surface area contributed by atoms with Crippen molar-refractivity contribution in [3.8, 4) is 0 Å². The van der Waals surface area contributed by atoms with Crippen LogP contribution in [0.15, 0.2) is 17.5 Å². The van der Waals surface area contributed by atoms with Gasteiger partial charge in [0.1, 0.15) is 6.04 Å².